The van der Waals surface area contributed by atoms with Crippen LogP contribution in [0.25, 0.3) is 0 Å². The standard InChI is InChI=1S/C8H10BrF/c9-8(10)6(2-1-3-6)7(8)4-5-7/h1-5H2. The Kier molecular flexibility index (Phi) is 0.727. The first kappa shape index (κ1) is 5.99. The maximum atomic E-state index is 13.7. The Bertz CT molecular complexity index is 195. The zero-order valence-corrected chi connectivity index (χ0v) is 7.38. The Morgan fingerprint density at radius 2 is 1.50 bits per heavy atom. The van der Waals surface area contributed by atoms with Crippen molar-refractivity contribution in [3.8, 4) is 0 Å². The molecule has 3 saturated carbocycles. The summed E-state index contributed by atoms with van der Waals surface area (Å²) in [7, 11) is 0. The molecule has 0 aliphatic heterocycles. The number of halogens is 2. The van der Waals surface area contributed by atoms with Crippen LogP contribution in [0.15, 0.2) is 0 Å². The van der Waals surface area contributed by atoms with E-state index < -0.39 is 4.58 Å². The lowest BCUT2D eigenvalue weighted by molar-refractivity contribution is 0.205. The maximum Gasteiger partial charge on any atom is 0.177 e. The van der Waals surface area contributed by atoms with Gasteiger partial charge in [-0.2, -0.15) is 0 Å². The van der Waals surface area contributed by atoms with Crippen molar-refractivity contribution in [2.75, 3.05) is 0 Å². The molecule has 1 atom stereocenters. The first-order valence-corrected chi connectivity index (χ1v) is 4.84. The second kappa shape index (κ2) is 1.21. The average Bonchev–Trinajstić information content (AvgIpc) is 2.47. The molecular weight excluding hydrogens is 195 g/mol. The largest absolute Gasteiger partial charge is 0.230 e. The van der Waals surface area contributed by atoms with E-state index in [1.807, 2.05) is 0 Å². The molecule has 0 aromatic rings. The van der Waals surface area contributed by atoms with Gasteiger partial charge in [0.25, 0.3) is 0 Å². The molecule has 0 heterocycles. The highest BCUT2D eigenvalue weighted by molar-refractivity contribution is 9.10. The number of hydrogen-bond donors (Lipinski definition) is 0. The van der Waals surface area contributed by atoms with Crippen LogP contribution in [-0.2, 0) is 0 Å². The molecule has 56 valence electrons. The minimum absolute atomic E-state index is 0.125. The van der Waals surface area contributed by atoms with Crippen molar-refractivity contribution < 1.29 is 4.39 Å². The Balaban J connectivity index is 2.03. The quantitative estimate of drug-likeness (QED) is 0.533. The molecule has 0 bridgehead atoms. The fourth-order valence-electron chi connectivity index (χ4n) is 2.98. The van der Waals surface area contributed by atoms with Gasteiger partial charge in [-0.25, -0.2) is 4.39 Å². The van der Waals surface area contributed by atoms with E-state index in [-0.39, 0.29) is 10.8 Å². The number of alkyl halides is 2. The second-order valence-corrected chi connectivity index (χ2v) is 5.18. The molecule has 0 aromatic carbocycles. The molecule has 2 spiro atoms. The van der Waals surface area contributed by atoms with Crippen molar-refractivity contribution in [3.63, 3.8) is 0 Å². The SMILES string of the molecule is FC1(Br)C2(CCC2)C12CC2. The first-order chi connectivity index (χ1) is 4.66. The van der Waals surface area contributed by atoms with Gasteiger partial charge in [-0.15, -0.1) is 0 Å². The van der Waals surface area contributed by atoms with Gasteiger partial charge in [-0.1, -0.05) is 6.42 Å². The Hall–Kier alpha value is 0.410. The molecule has 0 radical (unpaired) electrons. The first-order valence-electron chi connectivity index (χ1n) is 4.04. The summed E-state index contributed by atoms with van der Waals surface area (Å²) in [5, 5.41) is 0. The van der Waals surface area contributed by atoms with Crippen LogP contribution in [0.5, 0.6) is 0 Å². The Morgan fingerprint density at radius 3 is 1.60 bits per heavy atom. The smallest absolute Gasteiger partial charge is 0.177 e. The molecule has 0 aromatic heterocycles. The minimum atomic E-state index is -0.939. The van der Waals surface area contributed by atoms with Crippen LogP contribution in [0, 0.1) is 10.8 Å². The molecule has 3 fully saturated rings. The molecule has 2 heteroatoms. The Labute approximate surface area is 68.3 Å². The molecule has 10 heavy (non-hydrogen) atoms. The van der Waals surface area contributed by atoms with Crippen LogP contribution in [0.2, 0.25) is 0 Å². The molecule has 3 rings (SSSR count). The highest BCUT2D eigenvalue weighted by Crippen LogP contribution is 2.94. The van der Waals surface area contributed by atoms with Gasteiger partial charge in [0, 0.05) is 10.8 Å². The van der Waals surface area contributed by atoms with Crippen LogP contribution in [0.4, 0.5) is 4.39 Å². The average molecular weight is 205 g/mol. The zero-order valence-electron chi connectivity index (χ0n) is 5.79. The topological polar surface area (TPSA) is 0 Å². The third-order valence-electron chi connectivity index (χ3n) is 4.01. The molecule has 1 unspecified atom stereocenters. The van der Waals surface area contributed by atoms with Crippen molar-refractivity contribution in [1.29, 1.82) is 0 Å². The van der Waals surface area contributed by atoms with Crippen molar-refractivity contribution in [2.45, 2.75) is 36.7 Å². The molecule has 0 amide bonds. The molecule has 3 aliphatic carbocycles. The predicted molar refractivity (Wildman–Crippen MR) is 40.7 cm³/mol. The maximum absolute atomic E-state index is 13.7. The second-order valence-electron chi connectivity index (χ2n) is 4.09. The van der Waals surface area contributed by atoms with Gasteiger partial charge in [0.05, 0.1) is 0 Å². The molecule has 0 nitrogen and oxygen atoms in total. The number of rotatable bonds is 0. The van der Waals surface area contributed by atoms with E-state index in [1.165, 1.54) is 6.42 Å². The van der Waals surface area contributed by atoms with Gasteiger partial charge in [-0.05, 0) is 41.6 Å². The van der Waals surface area contributed by atoms with Crippen LogP contribution < -0.4 is 0 Å². The molecule has 0 N–H and O–H groups in total. The third-order valence-corrected chi connectivity index (χ3v) is 5.53. The molecular formula is C8H10BrF. The van der Waals surface area contributed by atoms with Crippen LogP contribution in [0.1, 0.15) is 32.1 Å². The zero-order chi connectivity index (χ0) is 7.04. The summed E-state index contributed by atoms with van der Waals surface area (Å²) in [6, 6.07) is 0. The van der Waals surface area contributed by atoms with E-state index in [4.69, 9.17) is 0 Å². The molecule has 3 aliphatic rings. The Morgan fingerprint density at radius 1 is 1.00 bits per heavy atom. The van der Waals surface area contributed by atoms with E-state index in [2.05, 4.69) is 15.9 Å². The van der Waals surface area contributed by atoms with Gasteiger partial charge in [0.2, 0.25) is 0 Å². The van der Waals surface area contributed by atoms with Crippen LogP contribution in [-0.4, -0.2) is 4.58 Å². The normalized spacial score (nSPS) is 51.0. The lowest BCUT2D eigenvalue weighted by Gasteiger charge is -2.27. The van der Waals surface area contributed by atoms with Crippen LogP contribution in [0.3, 0.4) is 0 Å². The van der Waals surface area contributed by atoms with E-state index in [0.29, 0.717) is 0 Å². The van der Waals surface area contributed by atoms with E-state index in [9.17, 15) is 4.39 Å². The monoisotopic (exact) mass is 204 g/mol. The van der Waals surface area contributed by atoms with Gasteiger partial charge in [0.1, 0.15) is 0 Å². The van der Waals surface area contributed by atoms with E-state index in [0.717, 1.165) is 25.7 Å². The summed E-state index contributed by atoms with van der Waals surface area (Å²) < 4.78 is 12.7. The lowest BCUT2D eigenvalue weighted by atomic mass is 9.79. The van der Waals surface area contributed by atoms with Crippen molar-refractivity contribution >= 4 is 15.9 Å². The summed E-state index contributed by atoms with van der Waals surface area (Å²) in [5.74, 6) is 0. The van der Waals surface area contributed by atoms with Gasteiger partial charge < -0.3 is 0 Å². The highest BCUT2D eigenvalue weighted by Gasteiger charge is 2.93. The lowest BCUT2D eigenvalue weighted by Crippen LogP contribution is -2.19. The van der Waals surface area contributed by atoms with E-state index >= 15 is 0 Å². The third kappa shape index (κ3) is 0.313. The van der Waals surface area contributed by atoms with Crippen molar-refractivity contribution in [1.82, 2.24) is 0 Å². The van der Waals surface area contributed by atoms with Crippen molar-refractivity contribution in [2.24, 2.45) is 10.8 Å². The molecule has 0 saturated heterocycles. The predicted octanol–water partition coefficient (Wildman–Crippen LogP) is 3.01. The van der Waals surface area contributed by atoms with Gasteiger partial charge >= 0.3 is 0 Å². The van der Waals surface area contributed by atoms with Crippen molar-refractivity contribution in [3.05, 3.63) is 0 Å². The number of fused-ring (bicyclic) bond motifs is 1. The fraction of sp³-hybridized carbons (Fsp3) is 1.00. The fourth-order valence-corrected chi connectivity index (χ4v) is 4.43. The minimum Gasteiger partial charge on any atom is -0.230 e. The highest BCUT2D eigenvalue weighted by atomic mass is 79.9. The van der Waals surface area contributed by atoms with Gasteiger partial charge in [0.15, 0.2) is 4.58 Å². The summed E-state index contributed by atoms with van der Waals surface area (Å²) in [4.78, 5) is 0. The summed E-state index contributed by atoms with van der Waals surface area (Å²) in [6.45, 7) is 0. The summed E-state index contributed by atoms with van der Waals surface area (Å²) >= 11 is 3.24. The van der Waals surface area contributed by atoms with Crippen LogP contribution >= 0.6 is 15.9 Å². The number of hydrogen-bond acceptors (Lipinski definition) is 0. The van der Waals surface area contributed by atoms with Gasteiger partial charge in [-0.3, -0.25) is 0 Å². The van der Waals surface area contributed by atoms with E-state index in [1.54, 1.807) is 0 Å². The summed E-state index contributed by atoms with van der Waals surface area (Å²) in [6.07, 6.45) is 5.78. The summed E-state index contributed by atoms with van der Waals surface area (Å²) in [5.41, 5.74) is 0.262.